The zero-order chi connectivity index (χ0) is 15.6. The fourth-order valence-electron chi connectivity index (χ4n) is 3.02. The van der Waals surface area contributed by atoms with E-state index in [1.807, 2.05) is 6.07 Å². The first-order valence-corrected chi connectivity index (χ1v) is 7.88. The van der Waals surface area contributed by atoms with E-state index < -0.39 is 0 Å². The molecule has 0 saturated heterocycles. The van der Waals surface area contributed by atoms with Crippen molar-refractivity contribution in [3.05, 3.63) is 90.0 Å². The van der Waals surface area contributed by atoms with Gasteiger partial charge in [0.25, 0.3) is 0 Å². The Balaban J connectivity index is 1.94. The van der Waals surface area contributed by atoms with Crippen molar-refractivity contribution in [2.75, 3.05) is 0 Å². The molecular weight excluding hydrogens is 280 g/mol. The molecule has 1 heterocycles. The van der Waals surface area contributed by atoms with E-state index in [1.165, 1.54) is 16.6 Å². The Bertz CT molecular complexity index is 938. The van der Waals surface area contributed by atoms with Crippen molar-refractivity contribution in [3.8, 4) is 11.4 Å². The average molecular weight is 298 g/mol. The maximum Gasteiger partial charge on any atom is 0.141 e. The number of benzene rings is 3. The highest BCUT2D eigenvalue weighted by Gasteiger charge is 2.13. The molecule has 0 aliphatic carbocycles. The Morgan fingerprint density at radius 1 is 0.783 bits per heavy atom. The van der Waals surface area contributed by atoms with Gasteiger partial charge in [-0.05, 0) is 24.1 Å². The lowest BCUT2D eigenvalue weighted by Crippen LogP contribution is -2.02. The number of fused-ring (bicyclic) bond motifs is 1. The minimum absolute atomic E-state index is 0.824. The number of nitrogens with zero attached hydrogens (tertiary/aromatic N) is 2. The lowest BCUT2D eigenvalue weighted by atomic mass is 10.2. The van der Waals surface area contributed by atoms with Crippen LogP contribution in [0.5, 0.6) is 0 Å². The first-order valence-electron chi connectivity index (χ1n) is 7.88. The number of imidazole rings is 1. The predicted molar refractivity (Wildman–Crippen MR) is 95.5 cm³/mol. The largest absolute Gasteiger partial charge is 0.319 e. The maximum absolute atomic E-state index is 4.94. The van der Waals surface area contributed by atoms with Gasteiger partial charge in [-0.15, -0.1) is 0 Å². The molecule has 0 unspecified atom stereocenters. The molecule has 0 aliphatic heterocycles. The quantitative estimate of drug-likeness (QED) is 0.517. The standard InChI is InChI=1S/C21H18N2/c1-16-9-8-14-19-20(16)22-21(18-12-6-3-7-13-18)23(19)15-17-10-4-2-5-11-17/h2-14H,15H2,1H3. The van der Waals surface area contributed by atoms with Gasteiger partial charge < -0.3 is 4.57 Å². The lowest BCUT2D eigenvalue weighted by Gasteiger charge is -2.09. The predicted octanol–water partition coefficient (Wildman–Crippen LogP) is 5.06. The second kappa shape index (κ2) is 5.73. The van der Waals surface area contributed by atoms with E-state index in [-0.39, 0.29) is 0 Å². The SMILES string of the molecule is Cc1cccc2c1nc(-c1ccccc1)n2Cc1ccccc1. The molecule has 4 aromatic rings. The third-order valence-corrected chi connectivity index (χ3v) is 4.20. The van der Waals surface area contributed by atoms with Gasteiger partial charge in [-0.1, -0.05) is 72.8 Å². The van der Waals surface area contributed by atoms with Crippen LogP contribution in [0.2, 0.25) is 0 Å². The van der Waals surface area contributed by atoms with E-state index >= 15 is 0 Å². The van der Waals surface area contributed by atoms with Crippen molar-refractivity contribution in [2.45, 2.75) is 13.5 Å². The number of aryl methyl sites for hydroxylation is 1. The van der Waals surface area contributed by atoms with Gasteiger partial charge in [-0.25, -0.2) is 4.98 Å². The Labute approximate surface area is 136 Å². The average Bonchev–Trinajstić information content (AvgIpc) is 2.97. The van der Waals surface area contributed by atoms with E-state index in [1.54, 1.807) is 0 Å². The molecule has 0 saturated carbocycles. The van der Waals surface area contributed by atoms with E-state index in [4.69, 9.17) is 4.98 Å². The van der Waals surface area contributed by atoms with Gasteiger partial charge in [0, 0.05) is 12.1 Å². The number of rotatable bonds is 3. The highest BCUT2D eigenvalue weighted by Crippen LogP contribution is 2.27. The molecule has 4 rings (SSSR count). The van der Waals surface area contributed by atoms with Gasteiger partial charge in [-0.3, -0.25) is 0 Å². The van der Waals surface area contributed by atoms with Crippen LogP contribution in [0.3, 0.4) is 0 Å². The Morgan fingerprint density at radius 2 is 1.48 bits per heavy atom. The zero-order valence-corrected chi connectivity index (χ0v) is 13.1. The van der Waals surface area contributed by atoms with Crippen molar-refractivity contribution in [1.29, 1.82) is 0 Å². The van der Waals surface area contributed by atoms with Gasteiger partial charge >= 0.3 is 0 Å². The van der Waals surface area contributed by atoms with Crippen LogP contribution in [0, 0.1) is 6.92 Å². The Morgan fingerprint density at radius 3 is 2.22 bits per heavy atom. The van der Waals surface area contributed by atoms with Crippen molar-refractivity contribution in [3.63, 3.8) is 0 Å². The summed E-state index contributed by atoms with van der Waals surface area (Å²) in [6.07, 6.45) is 0. The summed E-state index contributed by atoms with van der Waals surface area (Å²) < 4.78 is 2.31. The van der Waals surface area contributed by atoms with E-state index in [0.29, 0.717) is 0 Å². The van der Waals surface area contributed by atoms with Crippen LogP contribution in [0.15, 0.2) is 78.9 Å². The van der Waals surface area contributed by atoms with Crippen LogP contribution in [-0.2, 0) is 6.54 Å². The summed E-state index contributed by atoms with van der Waals surface area (Å²) >= 11 is 0. The van der Waals surface area contributed by atoms with Crippen LogP contribution in [0.4, 0.5) is 0 Å². The molecule has 0 spiro atoms. The third kappa shape index (κ3) is 2.53. The lowest BCUT2D eigenvalue weighted by molar-refractivity contribution is 0.834. The summed E-state index contributed by atoms with van der Waals surface area (Å²) in [5, 5.41) is 0. The highest BCUT2D eigenvalue weighted by atomic mass is 15.1. The first-order chi connectivity index (χ1) is 11.3. The van der Waals surface area contributed by atoms with E-state index in [9.17, 15) is 0 Å². The summed E-state index contributed by atoms with van der Waals surface area (Å²) in [5.41, 5.74) is 5.92. The molecule has 112 valence electrons. The third-order valence-electron chi connectivity index (χ3n) is 4.20. The molecule has 0 amide bonds. The number of aromatic nitrogens is 2. The van der Waals surface area contributed by atoms with Gasteiger partial charge in [-0.2, -0.15) is 0 Å². The van der Waals surface area contributed by atoms with Gasteiger partial charge in [0.1, 0.15) is 5.82 Å². The molecule has 0 bridgehead atoms. The minimum atomic E-state index is 0.824. The molecule has 2 nitrogen and oxygen atoms in total. The van der Waals surface area contributed by atoms with Crippen LogP contribution < -0.4 is 0 Å². The highest BCUT2D eigenvalue weighted by molar-refractivity contribution is 5.83. The summed E-state index contributed by atoms with van der Waals surface area (Å²) in [6, 6.07) is 27.4. The van der Waals surface area contributed by atoms with Crippen molar-refractivity contribution in [2.24, 2.45) is 0 Å². The molecular formula is C21H18N2. The molecule has 23 heavy (non-hydrogen) atoms. The number of hydrogen-bond donors (Lipinski definition) is 0. The minimum Gasteiger partial charge on any atom is -0.319 e. The Hall–Kier alpha value is -2.87. The summed E-state index contributed by atoms with van der Waals surface area (Å²) in [5.74, 6) is 1.03. The van der Waals surface area contributed by atoms with Crippen molar-refractivity contribution in [1.82, 2.24) is 9.55 Å². The first kappa shape index (κ1) is 13.8. The number of para-hydroxylation sites is 1. The van der Waals surface area contributed by atoms with E-state index in [0.717, 1.165) is 23.4 Å². The topological polar surface area (TPSA) is 17.8 Å². The van der Waals surface area contributed by atoms with E-state index in [2.05, 4.69) is 84.3 Å². The molecule has 0 atom stereocenters. The molecule has 0 N–H and O–H groups in total. The van der Waals surface area contributed by atoms with Crippen LogP contribution >= 0.6 is 0 Å². The summed E-state index contributed by atoms with van der Waals surface area (Å²) in [7, 11) is 0. The summed E-state index contributed by atoms with van der Waals surface area (Å²) in [4.78, 5) is 4.94. The van der Waals surface area contributed by atoms with Crippen LogP contribution in [0.25, 0.3) is 22.4 Å². The van der Waals surface area contributed by atoms with Gasteiger partial charge in [0.15, 0.2) is 0 Å². The maximum atomic E-state index is 4.94. The monoisotopic (exact) mass is 298 g/mol. The van der Waals surface area contributed by atoms with Crippen molar-refractivity contribution < 1.29 is 0 Å². The molecule has 1 aromatic heterocycles. The summed E-state index contributed by atoms with van der Waals surface area (Å²) in [6.45, 7) is 2.95. The molecule has 2 heteroatoms. The van der Waals surface area contributed by atoms with Crippen LogP contribution in [-0.4, -0.2) is 9.55 Å². The second-order valence-electron chi connectivity index (χ2n) is 5.82. The smallest absolute Gasteiger partial charge is 0.141 e. The Kier molecular flexibility index (Phi) is 3.43. The van der Waals surface area contributed by atoms with Gasteiger partial charge in [0.2, 0.25) is 0 Å². The molecule has 0 fully saturated rings. The molecule has 3 aromatic carbocycles. The fraction of sp³-hybridized carbons (Fsp3) is 0.0952. The van der Waals surface area contributed by atoms with Crippen molar-refractivity contribution >= 4 is 11.0 Å². The number of hydrogen-bond acceptors (Lipinski definition) is 1. The van der Waals surface area contributed by atoms with Gasteiger partial charge in [0.05, 0.1) is 11.0 Å². The second-order valence-corrected chi connectivity index (χ2v) is 5.82. The van der Waals surface area contributed by atoms with Crippen LogP contribution in [0.1, 0.15) is 11.1 Å². The fourth-order valence-corrected chi connectivity index (χ4v) is 3.02. The normalized spacial score (nSPS) is 11.0. The molecule has 0 aliphatic rings. The zero-order valence-electron chi connectivity index (χ0n) is 13.1. The molecule has 0 radical (unpaired) electrons.